The molecule has 0 aliphatic rings. The Morgan fingerprint density at radius 1 is 1.65 bits per heavy atom. The summed E-state index contributed by atoms with van der Waals surface area (Å²) >= 11 is 5.08. The largest absolute Gasteiger partial charge is 0.344 e. The summed E-state index contributed by atoms with van der Waals surface area (Å²) < 4.78 is 1.10. The number of carbonyl (C=O) groups is 1. The monoisotopic (exact) mass is 314 g/mol. The fourth-order valence-electron chi connectivity index (χ4n) is 1.46. The summed E-state index contributed by atoms with van der Waals surface area (Å²) in [6.07, 6.45) is 1.41. The van der Waals surface area contributed by atoms with Gasteiger partial charge in [0.1, 0.15) is 5.92 Å². The van der Waals surface area contributed by atoms with Crippen LogP contribution in [0.15, 0.2) is 15.9 Å². The molecule has 1 atom stereocenters. The smallest absolute Gasteiger partial charge is 0.239 e. The molecular formula is C12H15BrN2OS. The lowest BCUT2D eigenvalue weighted by molar-refractivity contribution is -0.132. The molecule has 5 heteroatoms. The molecule has 92 valence electrons. The molecule has 0 radical (unpaired) electrons. The van der Waals surface area contributed by atoms with Crippen molar-refractivity contribution >= 4 is 33.2 Å². The third-order valence-corrected chi connectivity index (χ3v) is 4.24. The fraction of sp³-hybridized carbons (Fsp3) is 0.500. The molecule has 0 saturated heterocycles. The molecule has 1 rings (SSSR count). The number of thiophene rings is 1. The van der Waals surface area contributed by atoms with E-state index >= 15 is 0 Å². The molecular weight excluding hydrogens is 300 g/mol. The van der Waals surface area contributed by atoms with Gasteiger partial charge in [0.05, 0.1) is 9.86 Å². The molecule has 1 unspecified atom stereocenters. The summed E-state index contributed by atoms with van der Waals surface area (Å²) in [5.74, 6) is -0.583. The summed E-state index contributed by atoms with van der Waals surface area (Å²) in [5.41, 5.74) is 0. The van der Waals surface area contributed by atoms with Crippen LogP contribution >= 0.6 is 27.3 Å². The van der Waals surface area contributed by atoms with Gasteiger partial charge in [-0.05, 0) is 40.9 Å². The predicted molar refractivity (Wildman–Crippen MR) is 72.8 cm³/mol. The van der Waals surface area contributed by atoms with Gasteiger partial charge in [0.25, 0.3) is 0 Å². The Labute approximate surface area is 114 Å². The number of hydrogen-bond acceptors (Lipinski definition) is 3. The SMILES string of the molecule is CCC(C#N)C(=O)N(C)CCc1ccc(Br)s1. The van der Waals surface area contributed by atoms with Gasteiger partial charge in [-0.25, -0.2) is 0 Å². The molecule has 1 heterocycles. The average Bonchev–Trinajstić information content (AvgIpc) is 2.73. The molecule has 3 nitrogen and oxygen atoms in total. The average molecular weight is 315 g/mol. The van der Waals surface area contributed by atoms with Crippen molar-refractivity contribution in [1.29, 1.82) is 5.26 Å². The molecule has 1 aromatic heterocycles. The molecule has 1 aromatic rings. The normalized spacial score (nSPS) is 11.9. The van der Waals surface area contributed by atoms with Crippen molar-refractivity contribution in [2.45, 2.75) is 19.8 Å². The minimum atomic E-state index is -0.505. The van der Waals surface area contributed by atoms with Gasteiger partial charge in [-0.2, -0.15) is 5.26 Å². The first kappa shape index (κ1) is 14.2. The van der Waals surface area contributed by atoms with E-state index in [1.165, 1.54) is 4.88 Å². The van der Waals surface area contributed by atoms with Crippen molar-refractivity contribution in [3.63, 3.8) is 0 Å². The minimum absolute atomic E-state index is 0.0781. The maximum atomic E-state index is 11.8. The van der Waals surface area contributed by atoms with E-state index in [1.54, 1.807) is 23.3 Å². The number of likely N-dealkylation sites (N-methyl/N-ethyl adjacent to an activating group) is 1. The molecule has 0 spiro atoms. The minimum Gasteiger partial charge on any atom is -0.344 e. The standard InChI is InChI=1S/C12H15BrN2OS/c1-3-9(8-14)12(16)15(2)7-6-10-4-5-11(13)17-10/h4-5,9H,3,6-7H2,1-2H3. The Morgan fingerprint density at radius 2 is 2.35 bits per heavy atom. The van der Waals surface area contributed by atoms with E-state index in [1.807, 2.05) is 19.1 Å². The van der Waals surface area contributed by atoms with E-state index in [4.69, 9.17) is 5.26 Å². The first-order chi connectivity index (χ1) is 8.08. The number of nitriles is 1. The second-order valence-electron chi connectivity index (χ2n) is 3.81. The topological polar surface area (TPSA) is 44.1 Å². The molecule has 0 saturated carbocycles. The van der Waals surface area contributed by atoms with E-state index in [0.717, 1.165) is 10.2 Å². The van der Waals surface area contributed by atoms with Crippen LogP contribution in [0.5, 0.6) is 0 Å². The Hall–Kier alpha value is -0.860. The molecule has 1 amide bonds. The van der Waals surface area contributed by atoms with Crippen LogP contribution < -0.4 is 0 Å². The first-order valence-electron chi connectivity index (χ1n) is 5.47. The second kappa shape index (κ2) is 6.77. The second-order valence-corrected chi connectivity index (χ2v) is 6.35. The van der Waals surface area contributed by atoms with Crippen LogP contribution in [0.4, 0.5) is 0 Å². The number of carbonyl (C=O) groups excluding carboxylic acids is 1. The summed E-state index contributed by atoms with van der Waals surface area (Å²) in [5, 5.41) is 8.83. The zero-order chi connectivity index (χ0) is 12.8. The van der Waals surface area contributed by atoms with Gasteiger partial charge in [-0.3, -0.25) is 4.79 Å². The number of halogens is 1. The molecule has 0 aliphatic carbocycles. The number of hydrogen-bond donors (Lipinski definition) is 0. The lowest BCUT2D eigenvalue weighted by Gasteiger charge is -2.18. The van der Waals surface area contributed by atoms with Crippen LogP contribution in [0.3, 0.4) is 0 Å². The van der Waals surface area contributed by atoms with Gasteiger partial charge in [0.15, 0.2) is 0 Å². The van der Waals surface area contributed by atoms with Gasteiger partial charge in [-0.15, -0.1) is 11.3 Å². The molecule has 0 fully saturated rings. The predicted octanol–water partition coefficient (Wildman–Crippen LogP) is 3.06. The summed E-state index contributed by atoms with van der Waals surface area (Å²) in [6.45, 7) is 2.51. The molecule has 17 heavy (non-hydrogen) atoms. The fourth-order valence-corrected chi connectivity index (χ4v) is 2.93. The van der Waals surface area contributed by atoms with E-state index in [-0.39, 0.29) is 5.91 Å². The van der Waals surface area contributed by atoms with E-state index in [0.29, 0.717) is 13.0 Å². The Bertz CT molecular complexity index is 424. The lowest BCUT2D eigenvalue weighted by atomic mass is 10.1. The van der Waals surface area contributed by atoms with Gasteiger partial charge < -0.3 is 4.90 Å². The third-order valence-electron chi connectivity index (χ3n) is 2.56. The summed E-state index contributed by atoms with van der Waals surface area (Å²) in [7, 11) is 1.75. The summed E-state index contributed by atoms with van der Waals surface area (Å²) in [6, 6.07) is 6.09. The highest BCUT2D eigenvalue weighted by molar-refractivity contribution is 9.11. The molecule has 0 aromatic carbocycles. The number of nitrogens with zero attached hydrogens (tertiary/aromatic N) is 2. The van der Waals surface area contributed by atoms with Crippen LogP contribution in [-0.4, -0.2) is 24.4 Å². The van der Waals surface area contributed by atoms with Crippen molar-refractivity contribution in [2.75, 3.05) is 13.6 Å². The number of amides is 1. The van der Waals surface area contributed by atoms with Crippen LogP contribution in [-0.2, 0) is 11.2 Å². The molecule has 0 N–H and O–H groups in total. The molecule has 0 bridgehead atoms. The van der Waals surface area contributed by atoms with E-state index in [2.05, 4.69) is 22.0 Å². The van der Waals surface area contributed by atoms with Gasteiger partial charge in [0, 0.05) is 18.5 Å². The van der Waals surface area contributed by atoms with Crippen molar-refractivity contribution in [2.24, 2.45) is 5.92 Å². The highest BCUT2D eigenvalue weighted by Gasteiger charge is 2.19. The van der Waals surface area contributed by atoms with Gasteiger partial charge in [-0.1, -0.05) is 6.92 Å². The summed E-state index contributed by atoms with van der Waals surface area (Å²) in [4.78, 5) is 14.7. The van der Waals surface area contributed by atoms with E-state index in [9.17, 15) is 4.79 Å². The van der Waals surface area contributed by atoms with Crippen LogP contribution in [0, 0.1) is 17.2 Å². The van der Waals surface area contributed by atoms with Crippen LogP contribution in [0.2, 0.25) is 0 Å². The van der Waals surface area contributed by atoms with Crippen molar-refractivity contribution in [1.82, 2.24) is 4.90 Å². The Balaban J connectivity index is 2.47. The maximum Gasteiger partial charge on any atom is 0.239 e. The van der Waals surface area contributed by atoms with E-state index < -0.39 is 5.92 Å². The van der Waals surface area contributed by atoms with Crippen molar-refractivity contribution < 1.29 is 4.79 Å². The zero-order valence-electron chi connectivity index (χ0n) is 9.94. The quantitative estimate of drug-likeness (QED) is 0.838. The first-order valence-corrected chi connectivity index (χ1v) is 7.08. The zero-order valence-corrected chi connectivity index (χ0v) is 12.3. The van der Waals surface area contributed by atoms with Crippen LogP contribution in [0.25, 0.3) is 0 Å². The highest BCUT2D eigenvalue weighted by atomic mass is 79.9. The lowest BCUT2D eigenvalue weighted by Crippen LogP contribution is -2.33. The maximum absolute atomic E-state index is 11.8. The highest BCUT2D eigenvalue weighted by Crippen LogP contribution is 2.22. The molecule has 0 aliphatic heterocycles. The van der Waals surface area contributed by atoms with Crippen LogP contribution in [0.1, 0.15) is 18.2 Å². The van der Waals surface area contributed by atoms with Crippen molar-refractivity contribution in [3.05, 3.63) is 20.8 Å². The van der Waals surface area contributed by atoms with Gasteiger partial charge in [0.2, 0.25) is 5.91 Å². The van der Waals surface area contributed by atoms with Crippen molar-refractivity contribution in [3.8, 4) is 6.07 Å². The Morgan fingerprint density at radius 3 is 2.82 bits per heavy atom. The Kier molecular flexibility index (Phi) is 5.66. The third kappa shape index (κ3) is 4.14. The number of rotatable bonds is 5. The van der Waals surface area contributed by atoms with Gasteiger partial charge >= 0.3 is 0 Å².